The first kappa shape index (κ1) is 11.3. The van der Waals surface area contributed by atoms with Crippen LogP contribution >= 0.6 is 0 Å². The third kappa shape index (κ3) is 2.50. The zero-order valence-corrected chi connectivity index (χ0v) is 9.50. The molecule has 3 nitrogen and oxygen atoms in total. The average Bonchev–Trinajstić information content (AvgIpc) is 2.77. The zero-order chi connectivity index (χ0) is 11.4. The summed E-state index contributed by atoms with van der Waals surface area (Å²) in [5, 5.41) is 2.92. The number of halogens is 1. The van der Waals surface area contributed by atoms with Crippen molar-refractivity contribution in [2.24, 2.45) is 0 Å². The third-order valence-corrected chi connectivity index (χ3v) is 2.88. The number of ether oxygens (including phenoxy) is 1. The summed E-state index contributed by atoms with van der Waals surface area (Å²) >= 11 is 0. The molecule has 0 amide bonds. The fourth-order valence-electron chi connectivity index (χ4n) is 2.04. The van der Waals surface area contributed by atoms with Gasteiger partial charge in [-0.15, -0.1) is 0 Å². The first-order valence-electron chi connectivity index (χ1n) is 5.76. The Bertz CT molecular complexity index is 351. The molecule has 0 spiro atoms. The van der Waals surface area contributed by atoms with Crippen molar-refractivity contribution in [1.29, 1.82) is 0 Å². The van der Waals surface area contributed by atoms with Gasteiger partial charge in [0.2, 0.25) is 0 Å². The minimum Gasteiger partial charge on any atom is -0.472 e. The van der Waals surface area contributed by atoms with E-state index in [1.165, 1.54) is 12.8 Å². The van der Waals surface area contributed by atoms with Gasteiger partial charge in [-0.1, -0.05) is 0 Å². The lowest BCUT2D eigenvalue weighted by atomic mass is 10.2. The first-order chi connectivity index (χ1) is 7.81. The van der Waals surface area contributed by atoms with Crippen LogP contribution in [-0.2, 0) is 6.54 Å². The van der Waals surface area contributed by atoms with Gasteiger partial charge in [0.1, 0.15) is 6.10 Å². The predicted octanol–water partition coefficient (Wildman–Crippen LogP) is 2.26. The van der Waals surface area contributed by atoms with E-state index in [0.717, 1.165) is 12.8 Å². The summed E-state index contributed by atoms with van der Waals surface area (Å²) in [5.74, 6) is -0.177. The minimum atomic E-state index is -0.330. The molecule has 1 heterocycles. The maximum atomic E-state index is 13.9. The molecule has 88 valence electrons. The van der Waals surface area contributed by atoms with Crippen LogP contribution in [0.3, 0.4) is 0 Å². The maximum Gasteiger partial charge on any atom is 0.250 e. The van der Waals surface area contributed by atoms with Crippen LogP contribution in [0.25, 0.3) is 0 Å². The van der Waals surface area contributed by atoms with Crippen LogP contribution in [0.4, 0.5) is 4.39 Å². The van der Waals surface area contributed by atoms with Crippen molar-refractivity contribution >= 4 is 0 Å². The van der Waals surface area contributed by atoms with Gasteiger partial charge < -0.3 is 10.1 Å². The molecule has 1 aliphatic rings. The Morgan fingerprint density at radius 1 is 1.50 bits per heavy atom. The summed E-state index contributed by atoms with van der Waals surface area (Å²) in [6, 6.07) is 1.67. The van der Waals surface area contributed by atoms with Crippen LogP contribution < -0.4 is 10.1 Å². The molecule has 1 aliphatic carbocycles. The fourth-order valence-corrected chi connectivity index (χ4v) is 2.04. The number of rotatable bonds is 4. The number of pyridine rings is 1. The van der Waals surface area contributed by atoms with E-state index in [2.05, 4.69) is 10.3 Å². The molecule has 1 aromatic heterocycles. The van der Waals surface area contributed by atoms with Crippen molar-refractivity contribution in [2.45, 2.75) is 38.3 Å². The standard InChI is InChI=1S/C12H17FN2O/c1-14-8-9-6-7-15-12(11(9)13)16-10-4-2-3-5-10/h6-7,10,14H,2-5,8H2,1H3. The molecule has 2 rings (SSSR count). The van der Waals surface area contributed by atoms with Crippen molar-refractivity contribution in [3.63, 3.8) is 0 Å². The molecule has 0 saturated heterocycles. The van der Waals surface area contributed by atoms with Crippen LogP contribution in [0.15, 0.2) is 12.3 Å². The van der Waals surface area contributed by atoms with Crippen molar-refractivity contribution in [3.8, 4) is 5.88 Å². The van der Waals surface area contributed by atoms with E-state index in [0.29, 0.717) is 12.1 Å². The van der Waals surface area contributed by atoms with E-state index in [1.807, 2.05) is 0 Å². The summed E-state index contributed by atoms with van der Waals surface area (Å²) in [5.41, 5.74) is 0.602. The zero-order valence-electron chi connectivity index (χ0n) is 9.50. The summed E-state index contributed by atoms with van der Waals surface area (Å²) in [4.78, 5) is 3.96. The smallest absolute Gasteiger partial charge is 0.250 e. The number of nitrogens with zero attached hydrogens (tertiary/aromatic N) is 1. The summed E-state index contributed by atoms with van der Waals surface area (Å²) in [6.45, 7) is 0.495. The molecule has 1 fully saturated rings. The van der Waals surface area contributed by atoms with Gasteiger partial charge >= 0.3 is 0 Å². The summed E-state index contributed by atoms with van der Waals surface area (Å²) < 4.78 is 19.5. The Labute approximate surface area is 95.0 Å². The molecule has 1 saturated carbocycles. The first-order valence-corrected chi connectivity index (χ1v) is 5.76. The molecule has 0 atom stereocenters. The van der Waals surface area contributed by atoms with Gasteiger partial charge in [0.05, 0.1) is 0 Å². The highest BCUT2D eigenvalue weighted by atomic mass is 19.1. The largest absolute Gasteiger partial charge is 0.472 e. The number of hydrogen-bond donors (Lipinski definition) is 1. The molecule has 1 aromatic rings. The van der Waals surface area contributed by atoms with E-state index >= 15 is 0 Å². The SMILES string of the molecule is CNCc1ccnc(OC2CCCC2)c1F. The van der Waals surface area contributed by atoms with Crippen molar-refractivity contribution in [2.75, 3.05) is 7.05 Å². The minimum absolute atomic E-state index is 0.145. The van der Waals surface area contributed by atoms with E-state index in [-0.39, 0.29) is 17.8 Å². The van der Waals surface area contributed by atoms with Gasteiger partial charge in [-0.3, -0.25) is 0 Å². The molecular weight excluding hydrogens is 207 g/mol. The Balaban J connectivity index is 2.10. The molecule has 0 unspecified atom stereocenters. The Morgan fingerprint density at radius 3 is 2.94 bits per heavy atom. The third-order valence-electron chi connectivity index (χ3n) is 2.88. The van der Waals surface area contributed by atoms with Crippen LogP contribution in [0, 0.1) is 5.82 Å². The second-order valence-electron chi connectivity index (χ2n) is 4.14. The molecule has 0 aliphatic heterocycles. The Morgan fingerprint density at radius 2 is 2.25 bits per heavy atom. The normalized spacial score (nSPS) is 16.6. The fraction of sp³-hybridized carbons (Fsp3) is 0.583. The van der Waals surface area contributed by atoms with Gasteiger partial charge in [-0.2, -0.15) is 0 Å². The van der Waals surface area contributed by atoms with Crippen molar-refractivity contribution in [1.82, 2.24) is 10.3 Å². The number of aromatic nitrogens is 1. The van der Waals surface area contributed by atoms with Crippen molar-refractivity contribution < 1.29 is 9.13 Å². The second-order valence-corrected chi connectivity index (χ2v) is 4.14. The summed E-state index contributed by atoms with van der Waals surface area (Å²) in [6.07, 6.45) is 6.10. The Kier molecular flexibility index (Phi) is 3.72. The average molecular weight is 224 g/mol. The van der Waals surface area contributed by atoms with E-state index in [4.69, 9.17) is 4.74 Å². The van der Waals surface area contributed by atoms with Gasteiger partial charge in [0.25, 0.3) is 5.88 Å². The number of hydrogen-bond acceptors (Lipinski definition) is 3. The molecule has 0 radical (unpaired) electrons. The lowest BCUT2D eigenvalue weighted by molar-refractivity contribution is 0.191. The van der Waals surface area contributed by atoms with Crippen molar-refractivity contribution in [3.05, 3.63) is 23.6 Å². The monoisotopic (exact) mass is 224 g/mol. The van der Waals surface area contributed by atoms with E-state index in [9.17, 15) is 4.39 Å². The highest BCUT2D eigenvalue weighted by Crippen LogP contribution is 2.25. The highest BCUT2D eigenvalue weighted by molar-refractivity contribution is 5.23. The van der Waals surface area contributed by atoms with Crippen LogP contribution in [-0.4, -0.2) is 18.1 Å². The molecule has 16 heavy (non-hydrogen) atoms. The highest BCUT2D eigenvalue weighted by Gasteiger charge is 2.19. The summed E-state index contributed by atoms with van der Waals surface area (Å²) in [7, 11) is 1.79. The quantitative estimate of drug-likeness (QED) is 0.851. The molecular formula is C12H17FN2O. The maximum absolute atomic E-state index is 13.9. The van der Waals surface area contributed by atoms with E-state index in [1.54, 1.807) is 19.3 Å². The van der Waals surface area contributed by atoms with Crippen LogP contribution in [0.1, 0.15) is 31.2 Å². The van der Waals surface area contributed by atoms with Gasteiger partial charge in [-0.05, 0) is 38.8 Å². The molecule has 1 N–H and O–H groups in total. The van der Waals surface area contributed by atoms with Gasteiger partial charge in [0, 0.05) is 18.3 Å². The topological polar surface area (TPSA) is 34.2 Å². The van der Waals surface area contributed by atoms with Crippen LogP contribution in [0.5, 0.6) is 5.88 Å². The lowest BCUT2D eigenvalue weighted by Gasteiger charge is -2.13. The molecule has 0 aromatic carbocycles. The molecule has 4 heteroatoms. The van der Waals surface area contributed by atoms with Gasteiger partial charge in [-0.25, -0.2) is 9.37 Å². The van der Waals surface area contributed by atoms with E-state index < -0.39 is 0 Å². The lowest BCUT2D eigenvalue weighted by Crippen LogP contribution is -2.15. The van der Waals surface area contributed by atoms with Crippen LogP contribution in [0.2, 0.25) is 0 Å². The molecule has 0 bridgehead atoms. The van der Waals surface area contributed by atoms with Gasteiger partial charge in [0.15, 0.2) is 5.82 Å². The Hall–Kier alpha value is -1.16. The number of nitrogens with one attached hydrogen (secondary N) is 1. The second kappa shape index (κ2) is 5.25. The predicted molar refractivity (Wildman–Crippen MR) is 59.8 cm³/mol.